The molecule has 0 radical (unpaired) electrons. The lowest BCUT2D eigenvalue weighted by Gasteiger charge is -2.22. The molecule has 1 atom stereocenters. The molecule has 1 aromatic carbocycles. The van der Waals surface area contributed by atoms with Crippen LogP contribution in [0.2, 0.25) is 0 Å². The summed E-state index contributed by atoms with van der Waals surface area (Å²) in [5.74, 6) is 0.825. The molecule has 2 fully saturated rings. The van der Waals surface area contributed by atoms with Crippen molar-refractivity contribution < 1.29 is 5.11 Å². The summed E-state index contributed by atoms with van der Waals surface area (Å²) in [7, 11) is 0. The summed E-state index contributed by atoms with van der Waals surface area (Å²) in [4.78, 5) is 7.06. The van der Waals surface area contributed by atoms with Crippen molar-refractivity contribution in [3.63, 3.8) is 0 Å². The van der Waals surface area contributed by atoms with Crippen LogP contribution in [0.25, 0.3) is 0 Å². The predicted octanol–water partition coefficient (Wildman–Crippen LogP) is 2.89. The fraction of sp³-hybridized carbons (Fsp3) is 0.632. The summed E-state index contributed by atoms with van der Waals surface area (Å²) >= 11 is 3.49. The number of aliphatic imine (C=N–C) groups is 1. The van der Waals surface area contributed by atoms with E-state index >= 15 is 0 Å². The van der Waals surface area contributed by atoms with Gasteiger partial charge in [-0.15, -0.1) is 0 Å². The number of hydrogen-bond acceptors (Lipinski definition) is 3. The number of anilines is 1. The van der Waals surface area contributed by atoms with Crippen LogP contribution in [-0.4, -0.2) is 48.9 Å². The summed E-state index contributed by atoms with van der Waals surface area (Å²) in [5.41, 5.74) is 0.663. The molecule has 25 heavy (non-hydrogen) atoms. The van der Waals surface area contributed by atoms with Crippen LogP contribution in [-0.2, 0) is 0 Å². The summed E-state index contributed by atoms with van der Waals surface area (Å²) in [5, 5.41) is 17.4. The highest BCUT2D eigenvalue weighted by molar-refractivity contribution is 9.10. The highest BCUT2D eigenvalue weighted by Crippen LogP contribution is 2.29. The molecule has 1 unspecified atom stereocenters. The van der Waals surface area contributed by atoms with Gasteiger partial charge in [-0.05, 0) is 50.5 Å². The summed E-state index contributed by atoms with van der Waals surface area (Å²) in [6, 6.07) is 8.86. The smallest absolute Gasteiger partial charge is 0.191 e. The van der Waals surface area contributed by atoms with E-state index < -0.39 is 5.60 Å². The van der Waals surface area contributed by atoms with Crippen molar-refractivity contribution in [2.75, 3.05) is 31.1 Å². The molecule has 2 aliphatic rings. The molecule has 6 heteroatoms. The Bertz CT molecular complexity index is 584. The number of halogens is 1. The minimum absolute atomic E-state index is 0.375. The molecule has 1 aliphatic carbocycles. The third-order valence-electron chi connectivity index (χ3n) is 5.13. The Labute approximate surface area is 159 Å². The van der Waals surface area contributed by atoms with Crippen LogP contribution in [0.15, 0.2) is 33.7 Å². The van der Waals surface area contributed by atoms with Crippen molar-refractivity contribution in [1.29, 1.82) is 0 Å². The van der Waals surface area contributed by atoms with Gasteiger partial charge in [0.2, 0.25) is 0 Å². The Morgan fingerprint density at radius 1 is 1.32 bits per heavy atom. The van der Waals surface area contributed by atoms with E-state index in [4.69, 9.17) is 0 Å². The normalized spacial score (nSPS) is 23.1. The maximum atomic E-state index is 10.5. The van der Waals surface area contributed by atoms with Crippen LogP contribution in [0.5, 0.6) is 0 Å². The molecule has 3 N–H and O–H groups in total. The maximum absolute atomic E-state index is 10.5. The van der Waals surface area contributed by atoms with E-state index in [9.17, 15) is 5.11 Å². The SMILES string of the molecule is CCNC(=NCC1(O)CCCC1)NC1CCN(c2ccc(Br)cc2)C1. The number of hydrogen-bond donors (Lipinski definition) is 3. The third-order valence-corrected chi connectivity index (χ3v) is 5.66. The molecule has 5 nitrogen and oxygen atoms in total. The van der Waals surface area contributed by atoms with Crippen LogP contribution in [0, 0.1) is 0 Å². The van der Waals surface area contributed by atoms with Gasteiger partial charge in [-0.2, -0.15) is 0 Å². The lowest BCUT2D eigenvalue weighted by Crippen LogP contribution is -2.45. The van der Waals surface area contributed by atoms with Crippen molar-refractivity contribution in [2.45, 2.75) is 50.7 Å². The molecule has 0 bridgehead atoms. The lowest BCUT2D eigenvalue weighted by molar-refractivity contribution is 0.0574. The molecule has 0 amide bonds. The lowest BCUT2D eigenvalue weighted by atomic mass is 10.0. The van der Waals surface area contributed by atoms with Crippen molar-refractivity contribution in [3.05, 3.63) is 28.7 Å². The number of benzene rings is 1. The van der Waals surface area contributed by atoms with Gasteiger partial charge in [0.15, 0.2) is 5.96 Å². The van der Waals surface area contributed by atoms with Crippen LogP contribution in [0.3, 0.4) is 0 Å². The number of rotatable bonds is 5. The molecule has 1 aromatic rings. The van der Waals surface area contributed by atoms with Gasteiger partial charge in [0.1, 0.15) is 0 Å². The monoisotopic (exact) mass is 408 g/mol. The quantitative estimate of drug-likeness (QED) is 0.517. The second-order valence-electron chi connectivity index (χ2n) is 7.18. The largest absolute Gasteiger partial charge is 0.388 e. The van der Waals surface area contributed by atoms with Gasteiger partial charge in [0.05, 0.1) is 12.1 Å². The van der Waals surface area contributed by atoms with Crippen LogP contribution >= 0.6 is 15.9 Å². The minimum atomic E-state index is -0.596. The Balaban J connectivity index is 1.56. The Hall–Kier alpha value is -1.27. The summed E-state index contributed by atoms with van der Waals surface area (Å²) < 4.78 is 1.11. The molecule has 1 heterocycles. The average Bonchev–Trinajstić information content (AvgIpc) is 3.24. The van der Waals surface area contributed by atoms with E-state index in [0.717, 1.165) is 62.2 Å². The van der Waals surface area contributed by atoms with Crippen molar-refractivity contribution in [3.8, 4) is 0 Å². The fourth-order valence-corrected chi connectivity index (χ4v) is 3.96. The van der Waals surface area contributed by atoms with Crippen molar-refractivity contribution >= 4 is 27.6 Å². The number of guanidine groups is 1. The van der Waals surface area contributed by atoms with Gasteiger partial charge in [0, 0.05) is 35.8 Å². The molecule has 138 valence electrons. The summed E-state index contributed by atoms with van der Waals surface area (Å²) in [6.07, 6.45) is 5.06. The fourth-order valence-electron chi connectivity index (χ4n) is 3.70. The predicted molar refractivity (Wildman–Crippen MR) is 107 cm³/mol. The standard InChI is InChI=1S/C19H29BrN4O/c1-2-21-18(22-14-19(25)10-3-4-11-19)23-16-9-12-24(13-16)17-7-5-15(20)6-8-17/h5-8,16,25H,2-4,9-14H2,1H3,(H2,21,22,23). The molecule has 1 saturated carbocycles. The first kappa shape index (κ1) is 18.5. The first-order valence-corrected chi connectivity index (χ1v) is 10.1. The maximum Gasteiger partial charge on any atom is 0.191 e. The second kappa shape index (κ2) is 8.41. The molecule has 1 aliphatic heterocycles. The van der Waals surface area contributed by atoms with E-state index in [-0.39, 0.29) is 0 Å². The average molecular weight is 409 g/mol. The van der Waals surface area contributed by atoms with E-state index in [2.05, 4.69) is 67.6 Å². The first-order chi connectivity index (χ1) is 12.1. The Morgan fingerprint density at radius 2 is 2.04 bits per heavy atom. The molecular formula is C19H29BrN4O. The van der Waals surface area contributed by atoms with E-state index in [1.165, 1.54) is 5.69 Å². The first-order valence-electron chi connectivity index (χ1n) is 9.36. The topological polar surface area (TPSA) is 59.9 Å². The highest BCUT2D eigenvalue weighted by atomic mass is 79.9. The zero-order valence-electron chi connectivity index (χ0n) is 15.0. The number of nitrogens with zero attached hydrogens (tertiary/aromatic N) is 2. The van der Waals surface area contributed by atoms with Gasteiger partial charge >= 0.3 is 0 Å². The third kappa shape index (κ3) is 5.11. The van der Waals surface area contributed by atoms with Crippen LogP contribution in [0.1, 0.15) is 39.0 Å². The Kier molecular flexibility index (Phi) is 6.23. The van der Waals surface area contributed by atoms with Gasteiger partial charge in [-0.25, -0.2) is 0 Å². The van der Waals surface area contributed by atoms with Gasteiger partial charge in [-0.3, -0.25) is 4.99 Å². The minimum Gasteiger partial charge on any atom is -0.388 e. The van der Waals surface area contributed by atoms with E-state index in [0.29, 0.717) is 12.6 Å². The molecule has 0 aromatic heterocycles. The van der Waals surface area contributed by atoms with Gasteiger partial charge < -0.3 is 20.6 Å². The molecule has 3 rings (SSSR count). The zero-order valence-corrected chi connectivity index (χ0v) is 16.6. The zero-order chi connectivity index (χ0) is 17.7. The Morgan fingerprint density at radius 3 is 2.72 bits per heavy atom. The van der Waals surface area contributed by atoms with Gasteiger partial charge in [-0.1, -0.05) is 28.8 Å². The van der Waals surface area contributed by atoms with Crippen molar-refractivity contribution in [2.24, 2.45) is 4.99 Å². The summed E-state index contributed by atoms with van der Waals surface area (Å²) in [6.45, 7) is 5.40. The van der Waals surface area contributed by atoms with E-state index in [1.54, 1.807) is 0 Å². The number of nitrogens with one attached hydrogen (secondary N) is 2. The second-order valence-corrected chi connectivity index (χ2v) is 8.09. The van der Waals surface area contributed by atoms with Crippen LogP contribution in [0.4, 0.5) is 5.69 Å². The molecule has 0 spiro atoms. The van der Waals surface area contributed by atoms with Crippen molar-refractivity contribution in [1.82, 2.24) is 10.6 Å². The molecular weight excluding hydrogens is 380 g/mol. The van der Waals surface area contributed by atoms with Gasteiger partial charge in [0.25, 0.3) is 0 Å². The highest BCUT2D eigenvalue weighted by Gasteiger charge is 2.31. The number of aliphatic hydroxyl groups is 1. The molecule has 1 saturated heterocycles. The van der Waals surface area contributed by atoms with E-state index in [1.807, 2.05) is 0 Å². The van der Waals surface area contributed by atoms with Crippen LogP contribution < -0.4 is 15.5 Å².